The van der Waals surface area contributed by atoms with Crippen LogP contribution < -0.4 is 4.52 Å². The molecule has 2 aromatic rings. The van der Waals surface area contributed by atoms with Crippen LogP contribution in [0.3, 0.4) is 0 Å². The van der Waals surface area contributed by atoms with Crippen LogP contribution in [0.15, 0.2) is 35.6 Å². The number of fused-ring (bicyclic) bond motifs is 6. The molecule has 0 amide bonds. The Labute approximate surface area is 215 Å². The maximum atomic E-state index is 13.5. The first kappa shape index (κ1) is 24.1. The van der Waals surface area contributed by atoms with Gasteiger partial charge in [-0.3, -0.25) is 4.89 Å². The highest BCUT2D eigenvalue weighted by atomic mass is 31.2. The quantitative estimate of drug-likeness (QED) is 0.416. The van der Waals surface area contributed by atoms with Crippen molar-refractivity contribution in [2.45, 2.75) is 85.5 Å². The van der Waals surface area contributed by atoms with Crippen LogP contribution in [0.2, 0.25) is 0 Å². The monoisotopic (exact) mass is 504 g/mol. The summed E-state index contributed by atoms with van der Waals surface area (Å²) in [5.74, 6) is 1.92. The van der Waals surface area contributed by atoms with Gasteiger partial charge in [-0.2, -0.15) is 0 Å². The van der Waals surface area contributed by atoms with Crippen molar-refractivity contribution in [3.8, 4) is 16.9 Å². The van der Waals surface area contributed by atoms with E-state index >= 15 is 0 Å². The zero-order valence-electron chi connectivity index (χ0n) is 21.9. The largest absolute Gasteiger partial charge is 0.584 e. The van der Waals surface area contributed by atoms with Crippen LogP contribution >= 0.6 is 7.82 Å². The maximum absolute atomic E-state index is 13.5. The lowest BCUT2D eigenvalue weighted by Crippen LogP contribution is -2.25. The van der Waals surface area contributed by atoms with Gasteiger partial charge in [0.1, 0.15) is 11.5 Å². The van der Waals surface area contributed by atoms with E-state index in [2.05, 4.69) is 52.0 Å². The van der Waals surface area contributed by atoms with E-state index in [-0.39, 0.29) is 0 Å². The molecular formula is C31H37O4P. The average molecular weight is 505 g/mol. The molecule has 5 heteroatoms. The number of hydrogen-bond donors (Lipinski definition) is 1. The second-order valence-corrected chi connectivity index (χ2v) is 12.5. The van der Waals surface area contributed by atoms with Crippen molar-refractivity contribution in [1.29, 1.82) is 0 Å². The lowest BCUT2D eigenvalue weighted by molar-refractivity contribution is 0.251. The SMILES string of the molecule is CCC1=CC2CCCCC2C2=C1OP(=O)(O)Oc1c(-c3c(C)cc(C)cc3C)cc3c(c12)CCCC3. The minimum atomic E-state index is -4.37. The van der Waals surface area contributed by atoms with Gasteiger partial charge in [-0.1, -0.05) is 43.5 Å². The van der Waals surface area contributed by atoms with E-state index in [0.29, 0.717) is 23.3 Å². The fourth-order valence-electron chi connectivity index (χ4n) is 7.38. The molecule has 3 unspecified atom stereocenters. The van der Waals surface area contributed by atoms with Gasteiger partial charge < -0.3 is 9.05 Å². The molecule has 190 valence electrons. The molecule has 1 saturated carbocycles. The molecule has 36 heavy (non-hydrogen) atoms. The Kier molecular flexibility index (Phi) is 5.97. The third-order valence-corrected chi connectivity index (χ3v) is 9.58. The van der Waals surface area contributed by atoms with Gasteiger partial charge in [0.05, 0.1) is 0 Å². The van der Waals surface area contributed by atoms with E-state index in [1.165, 1.54) is 36.0 Å². The molecule has 1 fully saturated rings. The Morgan fingerprint density at radius 1 is 0.944 bits per heavy atom. The van der Waals surface area contributed by atoms with Crippen LogP contribution in [0.4, 0.5) is 0 Å². The molecule has 1 aliphatic heterocycles. The lowest BCUT2D eigenvalue weighted by Gasteiger charge is -2.38. The van der Waals surface area contributed by atoms with E-state index in [1.54, 1.807) is 0 Å². The van der Waals surface area contributed by atoms with Crippen molar-refractivity contribution in [2.24, 2.45) is 11.8 Å². The van der Waals surface area contributed by atoms with E-state index in [4.69, 9.17) is 9.05 Å². The van der Waals surface area contributed by atoms with Crippen molar-refractivity contribution in [3.05, 3.63) is 69.0 Å². The predicted molar refractivity (Wildman–Crippen MR) is 145 cm³/mol. The second-order valence-electron chi connectivity index (χ2n) is 11.2. The molecule has 0 bridgehead atoms. The molecule has 4 aliphatic rings. The van der Waals surface area contributed by atoms with Gasteiger partial charge >= 0.3 is 7.82 Å². The number of hydrogen-bond acceptors (Lipinski definition) is 3. The number of aryl methyl sites for hydroxylation is 4. The Hall–Kier alpha value is -2.29. The third-order valence-electron chi connectivity index (χ3n) is 8.75. The Morgan fingerprint density at radius 2 is 1.67 bits per heavy atom. The summed E-state index contributed by atoms with van der Waals surface area (Å²) in [6, 6.07) is 6.64. The zero-order valence-corrected chi connectivity index (χ0v) is 22.8. The van der Waals surface area contributed by atoms with Gasteiger partial charge in [0.15, 0.2) is 0 Å². The van der Waals surface area contributed by atoms with E-state index in [1.807, 2.05) is 0 Å². The summed E-state index contributed by atoms with van der Waals surface area (Å²) < 4.78 is 25.6. The smallest absolute Gasteiger partial charge is 0.395 e. The molecule has 0 spiro atoms. The lowest BCUT2D eigenvalue weighted by atomic mass is 9.67. The summed E-state index contributed by atoms with van der Waals surface area (Å²) in [7, 11) is -4.37. The van der Waals surface area contributed by atoms with Gasteiger partial charge in [0.25, 0.3) is 0 Å². The van der Waals surface area contributed by atoms with E-state index < -0.39 is 7.82 Å². The number of rotatable bonds is 2. The molecule has 3 aliphatic carbocycles. The van der Waals surface area contributed by atoms with Crippen molar-refractivity contribution in [2.75, 3.05) is 0 Å². The molecule has 3 atom stereocenters. The third kappa shape index (κ3) is 3.89. The number of allylic oxidation sites excluding steroid dienone is 3. The molecule has 0 radical (unpaired) electrons. The van der Waals surface area contributed by atoms with Crippen LogP contribution in [-0.4, -0.2) is 4.89 Å². The fourth-order valence-corrected chi connectivity index (χ4v) is 8.29. The Morgan fingerprint density at radius 3 is 2.42 bits per heavy atom. The summed E-state index contributed by atoms with van der Waals surface area (Å²) in [5, 5.41) is 0. The number of phosphoric acid groups is 1. The predicted octanol–water partition coefficient (Wildman–Crippen LogP) is 8.53. The molecule has 4 nitrogen and oxygen atoms in total. The van der Waals surface area contributed by atoms with E-state index in [9.17, 15) is 9.46 Å². The first-order chi connectivity index (χ1) is 17.3. The minimum Gasteiger partial charge on any atom is -0.395 e. The first-order valence-corrected chi connectivity index (χ1v) is 15.2. The Balaban J connectivity index is 1.73. The van der Waals surface area contributed by atoms with Crippen molar-refractivity contribution in [1.82, 2.24) is 0 Å². The zero-order chi connectivity index (χ0) is 25.2. The number of benzene rings is 2. The highest BCUT2D eigenvalue weighted by molar-refractivity contribution is 7.48. The average Bonchev–Trinajstić information content (AvgIpc) is 2.96. The van der Waals surface area contributed by atoms with Crippen LogP contribution in [0.25, 0.3) is 16.7 Å². The van der Waals surface area contributed by atoms with Gasteiger partial charge in [0.2, 0.25) is 0 Å². The summed E-state index contributed by atoms with van der Waals surface area (Å²) in [4.78, 5) is 11.1. The van der Waals surface area contributed by atoms with Crippen LogP contribution in [0.5, 0.6) is 5.75 Å². The van der Waals surface area contributed by atoms with Crippen molar-refractivity contribution in [3.63, 3.8) is 0 Å². The fraction of sp³-hybridized carbons (Fsp3) is 0.484. The highest BCUT2D eigenvalue weighted by Crippen LogP contribution is 2.62. The van der Waals surface area contributed by atoms with Gasteiger partial charge in [-0.05, 0) is 117 Å². The standard InChI is InChI=1S/C31H37O4P/c1-5-21-16-22-10-6-8-12-24(22)28-29-25-13-9-7-11-23(25)17-26(27-19(3)14-18(2)15-20(27)4)31(29)35-36(32,33)34-30(21)28/h14-17,22,24H,5-13H2,1-4H3,(H,32,33). The second kappa shape index (κ2) is 8.92. The summed E-state index contributed by atoms with van der Waals surface area (Å²) in [5.41, 5.74) is 11.5. The molecule has 0 saturated heterocycles. The van der Waals surface area contributed by atoms with Gasteiger partial charge in [0, 0.05) is 16.7 Å². The molecule has 2 aromatic carbocycles. The summed E-state index contributed by atoms with van der Waals surface area (Å²) >= 11 is 0. The summed E-state index contributed by atoms with van der Waals surface area (Å²) in [6.45, 7) is 8.49. The molecule has 6 rings (SSSR count). The highest BCUT2D eigenvalue weighted by Gasteiger charge is 2.44. The van der Waals surface area contributed by atoms with Gasteiger partial charge in [-0.15, -0.1) is 0 Å². The van der Waals surface area contributed by atoms with E-state index in [0.717, 1.165) is 77.5 Å². The summed E-state index contributed by atoms with van der Waals surface area (Å²) in [6.07, 6.45) is 12.1. The minimum absolute atomic E-state index is 0.297. The maximum Gasteiger partial charge on any atom is 0.584 e. The van der Waals surface area contributed by atoms with Gasteiger partial charge in [-0.25, -0.2) is 4.57 Å². The van der Waals surface area contributed by atoms with Crippen LogP contribution in [-0.2, 0) is 21.9 Å². The van der Waals surface area contributed by atoms with Crippen molar-refractivity contribution < 1.29 is 18.5 Å². The molecular weight excluding hydrogens is 467 g/mol. The first-order valence-electron chi connectivity index (χ1n) is 13.7. The molecule has 1 N–H and O–H groups in total. The Bertz CT molecular complexity index is 1340. The van der Waals surface area contributed by atoms with Crippen LogP contribution in [0.1, 0.15) is 85.3 Å². The van der Waals surface area contributed by atoms with Crippen LogP contribution in [0, 0.1) is 32.6 Å². The normalized spacial score (nSPS) is 27.0. The number of phosphoric ester groups is 1. The van der Waals surface area contributed by atoms with Crippen molar-refractivity contribution >= 4 is 13.4 Å². The molecule has 1 heterocycles. The molecule has 0 aromatic heterocycles. The topological polar surface area (TPSA) is 55.8 Å².